The topological polar surface area (TPSA) is 106 Å². The molecule has 0 fully saturated rings. The summed E-state index contributed by atoms with van der Waals surface area (Å²) in [5.41, 5.74) is 3.46. The number of sulfonamides is 1. The van der Waals surface area contributed by atoms with Crippen LogP contribution in [0.2, 0.25) is 0 Å². The molecule has 0 unspecified atom stereocenters. The van der Waals surface area contributed by atoms with Crippen molar-refractivity contribution < 1.29 is 13.2 Å². The van der Waals surface area contributed by atoms with Crippen molar-refractivity contribution in [2.24, 2.45) is 7.05 Å². The van der Waals surface area contributed by atoms with Crippen molar-refractivity contribution in [3.05, 3.63) is 46.8 Å². The number of benzene rings is 1. The van der Waals surface area contributed by atoms with E-state index < -0.39 is 10.0 Å². The predicted octanol–water partition coefficient (Wildman–Crippen LogP) is 2.83. The number of carbonyl (C=O) groups excluding carboxylic acids is 1. The number of carbonyl (C=O) groups is 1. The van der Waals surface area contributed by atoms with Gasteiger partial charge in [-0.05, 0) is 58.4 Å². The van der Waals surface area contributed by atoms with Crippen LogP contribution in [0.25, 0.3) is 11.0 Å². The van der Waals surface area contributed by atoms with E-state index in [4.69, 9.17) is 0 Å². The Bertz CT molecular complexity index is 1210. The quantitative estimate of drug-likeness (QED) is 0.666. The average molecular weight is 416 g/mol. The molecule has 154 valence electrons. The second kappa shape index (κ2) is 7.57. The summed E-state index contributed by atoms with van der Waals surface area (Å²) in [5, 5.41) is 7.84. The lowest BCUT2D eigenvalue weighted by Crippen LogP contribution is -2.30. The second-order valence-electron chi connectivity index (χ2n) is 7.43. The van der Waals surface area contributed by atoms with Crippen LogP contribution in [0.1, 0.15) is 41.2 Å². The number of nitrogens with one attached hydrogen (secondary N) is 2. The first kappa shape index (κ1) is 20.9. The first-order valence-corrected chi connectivity index (χ1v) is 10.7. The van der Waals surface area contributed by atoms with Crippen molar-refractivity contribution in [1.29, 1.82) is 0 Å². The van der Waals surface area contributed by atoms with Crippen molar-refractivity contribution in [3.63, 3.8) is 0 Å². The van der Waals surface area contributed by atoms with Gasteiger partial charge in [0.25, 0.3) is 5.91 Å². The zero-order chi connectivity index (χ0) is 21.5. The van der Waals surface area contributed by atoms with Crippen LogP contribution >= 0.6 is 0 Å². The Morgan fingerprint density at radius 2 is 1.83 bits per heavy atom. The molecule has 1 aromatic carbocycles. The van der Waals surface area contributed by atoms with E-state index in [9.17, 15) is 13.2 Å². The number of rotatable bonds is 5. The molecular weight excluding hydrogens is 390 g/mol. The van der Waals surface area contributed by atoms with E-state index >= 15 is 0 Å². The zero-order valence-corrected chi connectivity index (χ0v) is 18.2. The van der Waals surface area contributed by atoms with Crippen LogP contribution in [0, 0.1) is 20.8 Å². The summed E-state index contributed by atoms with van der Waals surface area (Å²) in [4.78, 5) is 17.6. The third-order valence-corrected chi connectivity index (χ3v) is 6.27. The van der Waals surface area contributed by atoms with E-state index in [1.807, 2.05) is 13.8 Å². The molecule has 0 aliphatic rings. The van der Waals surface area contributed by atoms with Crippen LogP contribution in [0.5, 0.6) is 0 Å². The lowest BCUT2D eigenvalue weighted by molar-refractivity contribution is 0.102. The third-order valence-electron chi connectivity index (χ3n) is 4.47. The molecule has 29 heavy (non-hydrogen) atoms. The largest absolute Gasteiger partial charge is 0.322 e. The maximum absolute atomic E-state index is 13.0. The Balaban J connectivity index is 2.01. The van der Waals surface area contributed by atoms with Crippen LogP contribution in [0.15, 0.2) is 29.2 Å². The van der Waals surface area contributed by atoms with Gasteiger partial charge in [0.2, 0.25) is 10.0 Å². The molecule has 0 spiro atoms. The lowest BCUT2D eigenvalue weighted by atomic mass is 10.1. The first-order chi connectivity index (χ1) is 13.5. The van der Waals surface area contributed by atoms with E-state index in [-0.39, 0.29) is 16.8 Å². The molecule has 0 aliphatic heterocycles. The molecule has 0 aliphatic carbocycles. The highest BCUT2D eigenvalue weighted by molar-refractivity contribution is 7.89. The van der Waals surface area contributed by atoms with Crippen LogP contribution in [-0.4, -0.2) is 35.1 Å². The maximum Gasteiger partial charge on any atom is 0.256 e. The molecule has 3 aromatic rings. The van der Waals surface area contributed by atoms with E-state index in [0.29, 0.717) is 39.2 Å². The minimum atomic E-state index is -3.68. The van der Waals surface area contributed by atoms with Gasteiger partial charge >= 0.3 is 0 Å². The Morgan fingerprint density at radius 3 is 2.48 bits per heavy atom. The summed E-state index contributed by atoms with van der Waals surface area (Å²) in [5.74, 6) is -0.347. The van der Waals surface area contributed by atoms with Gasteiger partial charge in [-0.15, -0.1) is 0 Å². The van der Waals surface area contributed by atoms with Gasteiger partial charge in [-0.1, -0.05) is 6.07 Å². The lowest BCUT2D eigenvalue weighted by Gasteiger charge is -2.14. The minimum Gasteiger partial charge on any atom is -0.322 e. The van der Waals surface area contributed by atoms with Gasteiger partial charge in [0.1, 0.15) is 0 Å². The Labute approximate surface area is 170 Å². The number of nitrogens with zero attached hydrogens (tertiary/aromatic N) is 3. The maximum atomic E-state index is 13.0. The molecule has 1 amide bonds. The normalized spacial score (nSPS) is 12.0. The molecule has 0 atom stereocenters. The number of aryl methyl sites for hydroxylation is 4. The van der Waals surface area contributed by atoms with Gasteiger partial charge in [0, 0.05) is 24.5 Å². The number of hydrogen-bond acceptors (Lipinski definition) is 5. The molecule has 8 nitrogen and oxygen atoms in total. The highest BCUT2D eigenvalue weighted by Gasteiger charge is 2.21. The summed E-state index contributed by atoms with van der Waals surface area (Å²) < 4.78 is 29.4. The summed E-state index contributed by atoms with van der Waals surface area (Å²) in [6, 6.07) is 6.30. The molecule has 0 radical (unpaired) electrons. The number of pyridine rings is 1. The monoisotopic (exact) mass is 415 g/mol. The second-order valence-corrected chi connectivity index (χ2v) is 9.11. The number of aromatic nitrogens is 3. The Hall–Kier alpha value is -2.78. The molecule has 3 rings (SSSR count). The molecule has 2 heterocycles. The fraction of sp³-hybridized carbons (Fsp3) is 0.350. The smallest absolute Gasteiger partial charge is 0.256 e. The van der Waals surface area contributed by atoms with Crippen molar-refractivity contribution in [3.8, 4) is 0 Å². The van der Waals surface area contributed by atoms with Gasteiger partial charge in [0.05, 0.1) is 21.5 Å². The molecule has 9 heteroatoms. The van der Waals surface area contributed by atoms with Crippen LogP contribution in [-0.2, 0) is 17.1 Å². The molecule has 2 aromatic heterocycles. The summed E-state index contributed by atoms with van der Waals surface area (Å²) >= 11 is 0. The SMILES string of the molecule is Cc1cc(C(=O)Nc2ccc(C)c(S(=O)(=O)NC(C)C)c2)c2c(C)nn(C)c2n1. The van der Waals surface area contributed by atoms with Crippen LogP contribution in [0.3, 0.4) is 0 Å². The minimum absolute atomic E-state index is 0.137. The Kier molecular flexibility index (Phi) is 5.46. The highest BCUT2D eigenvalue weighted by atomic mass is 32.2. The van der Waals surface area contributed by atoms with E-state index in [1.165, 1.54) is 6.07 Å². The fourth-order valence-electron chi connectivity index (χ4n) is 3.29. The fourth-order valence-corrected chi connectivity index (χ4v) is 4.81. The van der Waals surface area contributed by atoms with Gasteiger partial charge < -0.3 is 5.32 Å². The summed E-state index contributed by atoms with van der Waals surface area (Å²) in [7, 11) is -1.90. The summed E-state index contributed by atoms with van der Waals surface area (Å²) in [6.45, 7) is 8.86. The van der Waals surface area contributed by atoms with E-state index in [0.717, 1.165) is 0 Å². The first-order valence-electron chi connectivity index (χ1n) is 9.25. The molecule has 0 bridgehead atoms. The number of anilines is 1. The average Bonchev–Trinajstić information content (AvgIpc) is 2.88. The third kappa shape index (κ3) is 4.15. The highest BCUT2D eigenvalue weighted by Crippen LogP contribution is 2.24. The van der Waals surface area contributed by atoms with Crippen LogP contribution < -0.4 is 10.0 Å². The van der Waals surface area contributed by atoms with E-state index in [1.54, 1.807) is 50.7 Å². The molecule has 0 saturated heterocycles. The molecular formula is C20H25N5O3S. The van der Waals surface area contributed by atoms with Crippen LogP contribution in [0.4, 0.5) is 5.69 Å². The van der Waals surface area contributed by atoms with Gasteiger partial charge in [-0.25, -0.2) is 18.1 Å². The zero-order valence-electron chi connectivity index (χ0n) is 17.4. The number of amides is 1. The Morgan fingerprint density at radius 1 is 1.14 bits per heavy atom. The van der Waals surface area contributed by atoms with Gasteiger partial charge in [0.15, 0.2) is 5.65 Å². The van der Waals surface area contributed by atoms with Crippen molar-refractivity contribution in [2.75, 3.05) is 5.32 Å². The number of fused-ring (bicyclic) bond motifs is 1. The van der Waals surface area contributed by atoms with Gasteiger partial charge in [-0.3, -0.25) is 9.48 Å². The number of hydrogen-bond donors (Lipinski definition) is 2. The van der Waals surface area contributed by atoms with Gasteiger partial charge in [-0.2, -0.15) is 5.10 Å². The standard InChI is InChI=1S/C20H25N5O3S/c1-11(2)24-29(27,28)17-10-15(8-7-12(17)3)22-20(26)16-9-13(4)21-19-18(16)14(5)23-25(19)6/h7-11,24H,1-6H3,(H,22,26). The summed E-state index contributed by atoms with van der Waals surface area (Å²) in [6.07, 6.45) is 0. The van der Waals surface area contributed by atoms with Crippen molar-refractivity contribution in [2.45, 2.75) is 45.6 Å². The molecule has 2 N–H and O–H groups in total. The molecule has 0 saturated carbocycles. The van der Waals surface area contributed by atoms with E-state index in [2.05, 4.69) is 20.1 Å². The van der Waals surface area contributed by atoms with Crippen molar-refractivity contribution >= 4 is 32.7 Å². The predicted molar refractivity (Wildman–Crippen MR) is 113 cm³/mol. The van der Waals surface area contributed by atoms with Crippen molar-refractivity contribution in [1.82, 2.24) is 19.5 Å².